The third-order valence-corrected chi connectivity index (χ3v) is 1.94. The van der Waals surface area contributed by atoms with Gasteiger partial charge in [-0.15, -0.1) is 10.2 Å². The molecule has 2 aromatic rings. The molecule has 0 fully saturated rings. The van der Waals surface area contributed by atoms with Crippen molar-refractivity contribution in [1.29, 1.82) is 0 Å². The number of benzene rings is 1. The van der Waals surface area contributed by atoms with Gasteiger partial charge in [-0.2, -0.15) is 0 Å². The van der Waals surface area contributed by atoms with Crippen LogP contribution in [0.2, 0.25) is 0 Å². The van der Waals surface area contributed by atoms with Crippen LogP contribution in [0.4, 0.5) is 17.6 Å². The molecule has 0 radical (unpaired) electrons. The number of anilines is 3. The summed E-state index contributed by atoms with van der Waals surface area (Å²) < 4.78 is 1.69. The number of para-hydroxylation sites is 1. The minimum absolute atomic E-state index is 0.392. The van der Waals surface area contributed by atoms with Crippen LogP contribution in [0.1, 0.15) is 0 Å². The predicted molar refractivity (Wildman–Crippen MR) is 55.1 cm³/mol. The molecule has 1 heterocycles. The molecule has 1 aromatic heterocycles. The second kappa shape index (κ2) is 3.37. The number of nitrogens with one attached hydrogen (secondary N) is 1. The highest BCUT2D eigenvalue weighted by Crippen LogP contribution is 2.14. The maximum Gasteiger partial charge on any atom is 0.230 e. The Bertz CT molecular complexity index is 420. The van der Waals surface area contributed by atoms with Gasteiger partial charge < -0.3 is 11.1 Å². The summed E-state index contributed by atoms with van der Waals surface area (Å²) in [5, 5.41) is 10.7. The highest BCUT2D eigenvalue weighted by atomic mass is 15.4. The minimum Gasteiger partial charge on any atom is -0.368 e. The third kappa shape index (κ3) is 1.52. The van der Waals surface area contributed by atoms with Crippen LogP contribution in [-0.4, -0.2) is 14.8 Å². The summed E-state index contributed by atoms with van der Waals surface area (Å²) in [6.45, 7) is 0. The highest BCUT2D eigenvalue weighted by molar-refractivity contribution is 5.53. The van der Waals surface area contributed by atoms with E-state index in [1.807, 2.05) is 30.3 Å². The third-order valence-electron chi connectivity index (χ3n) is 1.94. The first-order chi connectivity index (χ1) is 6.77. The number of nitrogen functional groups attached to an aromatic ring is 1. The molecule has 0 unspecified atom stereocenters. The summed E-state index contributed by atoms with van der Waals surface area (Å²) in [4.78, 5) is 0. The summed E-state index contributed by atoms with van der Waals surface area (Å²) in [5.41, 5.74) is 6.50. The van der Waals surface area contributed by atoms with E-state index in [2.05, 4.69) is 15.5 Å². The first-order valence-corrected chi connectivity index (χ1v) is 4.24. The molecule has 1 aromatic carbocycles. The standard InChI is InChI=1S/C9H11N5/c1-14-8(10)12-13-9(14)11-7-5-3-2-4-6-7/h2-6H,1H3,(H2,10,12)(H,11,13). The summed E-state index contributed by atoms with van der Waals surface area (Å²) >= 11 is 0. The van der Waals surface area contributed by atoms with Gasteiger partial charge in [0.25, 0.3) is 0 Å². The Morgan fingerprint density at radius 1 is 1.21 bits per heavy atom. The van der Waals surface area contributed by atoms with Crippen LogP contribution in [0.5, 0.6) is 0 Å². The smallest absolute Gasteiger partial charge is 0.230 e. The summed E-state index contributed by atoms with van der Waals surface area (Å²) in [6.07, 6.45) is 0. The molecule has 0 atom stereocenters. The molecular formula is C9H11N5. The lowest BCUT2D eigenvalue weighted by atomic mass is 10.3. The quantitative estimate of drug-likeness (QED) is 0.743. The fourth-order valence-corrected chi connectivity index (χ4v) is 1.10. The Hall–Kier alpha value is -2.04. The normalized spacial score (nSPS) is 10.1. The van der Waals surface area contributed by atoms with Gasteiger partial charge in [-0.3, -0.25) is 4.57 Å². The number of nitrogens with zero attached hydrogens (tertiary/aromatic N) is 3. The first-order valence-electron chi connectivity index (χ1n) is 4.24. The highest BCUT2D eigenvalue weighted by Gasteiger charge is 2.04. The van der Waals surface area contributed by atoms with Crippen LogP contribution in [-0.2, 0) is 7.05 Å². The molecule has 0 spiro atoms. The molecule has 3 N–H and O–H groups in total. The molecule has 0 amide bonds. The van der Waals surface area contributed by atoms with Crippen molar-refractivity contribution in [2.45, 2.75) is 0 Å². The second-order valence-corrected chi connectivity index (χ2v) is 2.93. The molecule has 14 heavy (non-hydrogen) atoms. The van der Waals surface area contributed by atoms with Crippen molar-refractivity contribution in [2.75, 3.05) is 11.1 Å². The van der Waals surface area contributed by atoms with Gasteiger partial charge in [0.05, 0.1) is 0 Å². The van der Waals surface area contributed by atoms with Crippen molar-refractivity contribution in [3.05, 3.63) is 30.3 Å². The number of rotatable bonds is 2. The van der Waals surface area contributed by atoms with Gasteiger partial charge in [0, 0.05) is 12.7 Å². The van der Waals surface area contributed by atoms with Crippen LogP contribution in [0, 0.1) is 0 Å². The number of aromatic nitrogens is 3. The molecule has 0 saturated heterocycles. The fraction of sp³-hybridized carbons (Fsp3) is 0.111. The van der Waals surface area contributed by atoms with E-state index in [0.29, 0.717) is 11.9 Å². The zero-order valence-electron chi connectivity index (χ0n) is 7.81. The van der Waals surface area contributed by atoms with Gasteiger partial charge in [0.1, 0.15) is 0 Å². The van der Waals surface area contributed by atoms with Gasteiger partial charge >= 0.3 is 0 Å². The second-order valence-electron chi connectivity index (χ2n) is 2.93. The molecule has 5 heteroatoms. The van der Waals surface area contributed by atoms with Crippen molar-refractivity contribution in [3.8, 4) is 0 Å². The molecular weight excluding hydrogens is 178 g/mol. The summed E-state index contributed by atoms with van der Waals surface area (Å²) in [5.74, 6) is 1.03. The van der Waals surface area contributed by atoms with E-state index in [1.165, 1.54) is 0 Å². The largest absolute Gasteiger partial charge is 0.368 e. The number of hydrogen-bond donors (Lipinski definition) is 2. The van der Waals surface area contributed by atoms with E-state index in [4.69, 9.17) is 5.73 Å². The van der Waals surface area contributed by atoms with Crippen molar-refractivity contribution in [2.24, 2.45) is 7.05 Å². The average Bonchev–Trinajstić information content (AvgIpc) is 2.52. The zero-order valence-corrected chi connectivity index (χ0v) is 7.81. The van der Waals surface area contributed by atoms with Crippen molar-refractivity contribution < 1.29 is 0 Å². The van der Waals surface area contributed by atoms with E-state index in [-0.39, 0.29) is 0 Å². The minimum atomic E-state index is 0.392. The maximum atomic E-state index is 5.54. The maximum absolute atomic E-state index is 5.54. The van der Waals surface area contributed by atoms with Gasteiger partial charge in [0.2, 0.25) is 11.9 Å². The fourth-order valence-electron chi connectivity index (χ4n) is 1.10. The van der Waals surface area contributed by atoms with Crippen LogP contribution in [0.25, 0.3) is 0 Å². The van der Waals surface area contributed by atoms with Gasteiger partial charge in [0.15, 0.2) is 0 Å². The van der Waals surface area contributed by atoms with E-state index >= 15 is 0 Å². The Balaban J connectivity index is 2.23. The van der Waals surface area contributed by atoms with Crippen LogP contribution >= 0.6 is 0 Å². The van der Waals surface area contributed by atoms with Crippen LogP contribution in [0.15, 0.2) is 30.3 Å². The molecule has 5 nitrogen and oxygen atoms in total. The molecule has 0 aliphatic heterocycles. The molecule has 0 aliphatic carbocycles. The van der Waals surface area contributed by atoms with Crippen molar-refractivity contribution in [1.82, 2.24) is 14.8 Å². The van der Waals surface area contributed by atoms with E-state index in [1.54, 1.807) is 11.6 Å². The lowest BCUT2D eigenvalue weighted by Gasteiger charge is -2.04. The Labute approximate surface area is 81.6 Å². The van der Waals surface area contributed by atoms with Crippen molar-refractivity contribution >= 4 is 17.6 Å². The Morgan fingerprint density at radius 3 is 2.50 bits per heavy atom. The average molecular weight is 189 g/mol. The molecule has 2 rings (SSSR count). The van der Waals surface area contributed by atoms with Gasteiger partial charge in [-0.1, -0.05) is 18.2 Å². The first kappa shape index (κ1) is 8.55. The molecule has 0 bridgehead atoms. The van der Waals surface area contributed by atoms with Gasteiger partial charge in [-0.25, -0.2) is 0 Å². The Morgan fingerprint density at radius 2 is 1.93 bits per heavy atom. The van der Waals surface area contributed by atoms with Crippen LogP contribution in [0.3, 0.4) is 0 Å². The lowest BCUT2D eigenvalue weighted by molar-refractivity contribution is 0.934. The molecule has 72 valence electrons. The van der Waals surface area contributed by atoms with Gasteiger partial charge in [-0.05, 0) is 12.1 Å². The number of nitrogens with two attached hydrogens (primary N) is 1. The van der Waals surface area contributed by atoms with Crippen molar-refractivity contribution in [3.63, 3.8) is 0 Å². The molecule has 0 aliphatic rings. The topological polar surface area (TPSA) is 68.8 Å². The number of hydrogen-bond acceptors (Lipinski definition) is 4. The SMILES string of the molecule is Cn1c(N)nnc1Nc1ccccc1. The van der Waals surface area contributed by atoms with E-state index < -0.39 is 0 Å². The van der Waals surface area contributed by atoms with E-state index in [0.717, 1.165) is 5.69 Å². The van der Waals surface area contributed by atoms with Crippen LogP contribution < -0.4 is 11.1 Å². The molecule has 0 saturated carbocycles. The lowest BCUT2D eigenvalue weighted by Crippen LogP contribution is -2.01. The summed E-state index contributed by atoms with van der Waals surface area (Å²) in [7, 11) is 1.81. The monoisotopic (exact) mass is 189 g/mol. The summed E-state index contributed by atoms with van der Waals surface area (Å²) in [6, 6.07) is 9.75. The Kier molecular flexibility index (Phi) is 2.06. The zero-order chi connectivity index (χ0) is 9.97. The van der Waals surface area contributed by atoms with E-state index in [9.17, 15) is 0 Å². The predicted octanol–water partition coefficient (Wildman–Crippen LogP) is 1.14.